The molecule has 10 nitrogen and oxygen atoms in total. The van der Waals surface area contributed by atoms with Gasteiger partial charge in [0.05, 0.1) is 6.10 Å². The average Bonchev–Trinajstić information content (AvgIpc) is 2.89. The maximum absolute atomic E-state index is 13.0. The van der Waals surface area contributed by atoms with Gasteiger partial charge in [0.25, 0.3) is 0 Å². The third-order valence-corrected chi connectivity index (χ3v) is 6.40. The first-order valence-corrected chi connectivity index (χ1v) is 13.3. The highest BCUT2D eigenvalue weighted by Crippen LogP contribution is 2.16. The minimum Gasteiger partial charge on any atom is -0.391 e. The summed E-state index contributed by atoms with van der Waals surface area (Å²) in [6, 6.07) is 8.98. The lowest BCUT2D eigenvalue weighted by Crippen LogP contribution is -2.54. The van der Waals surface area contributed by atoms with Gasteiger partial charge in [0.2, 0.25) is 11.8 Å². The summed E-state index contributed by atoms with van der Waals surface area (Å²) >= 11 is 0. The summed E-state index contributed by atoms with van der Waals surface area (Å²) < 4.78 is 0. The second-order valence-electron chi connectivity index (χ2n) is 9.48. The first-order valence-electron chi connectivity index (χ1n) is 13.3. The van der Waals surface area contributed by atoms with Crippen molar-refractivity contribution in [2.24, 2.45) is 0 Å². The van der Waals surface area contributed by atoms with Gasteiger partial charge < -0.3 is 36.6 Å². The summed E-state index contributed by atoms with van der Waals surface area (Å²) in [5, 5.41) is 26.1. The van der Waals surface area contributed by atoms with E-state index in [-0.39, 0.29) is 11.8 Å². The van der Waals surface area contributed by atoms with Crippen LogP contribution in [0, 0.1) is 0 Å². The Bertz CT molecular complexity index is 879. The molecule has 204 valence electrons. The Hall–Kier alpha value is -2.76. The number of aliphatic hydroxyl groups excluding tert-OH is 1. The van der Waals surface area contributed by atoms with Crippen LogP contribution < -0.4 is 26.6 Å². The predicted molar refractivity (Wildman–Crippen MR) is 145 cm³/mol. The second kappa shape index (κ2) is 16.2. The first kappa shape index (κ1) is 28.8. The summed E-state index contributed by atoms with van der Waals surface area (Å²) in [6.07, 6.45) is 5.12. The molecule has 1 aromatic carbocycles. The molecule has 0 spiro atoms. The van der Waals surface area contributed by atoms with Gasteiger partial charge in [-0.05, 0) is 18.9 Å². The molecule has 2 atom stereocenters. The largest absolute Gasteiger partial charge is 0.391 e. The molecule has 0 aromatic heterocycles. The van der Waals surface area contributed by atoms with E-state index >= 15 is 0 Å². The van der Waals surface area contributed by atoms with Gasteiger partial charge in [0.1, 0.15) is 6.04 Å². The molecule has 10 heteroatoms. The topological polar surface area (TPSA) is 121 Å². The van der Waals surface area contributed by atoms with Crippen molar-refractivity contribution in [2.75, 3.05) is 65.4 Å². The van der Waals surface area contributed by atoms with Crippen LogP contribution in [0.25, 0.3) is 0 Å². The monoisotopic (exact) mass is 513 g/mol. The molecule has 0 bridgehead atoms. The van der Waals surface area contributed by atoms with Crippen molar-refractivity contribution < 1.29 is 14.7 Å². The van der Waals surface area contributed by atoms with Crippen LogP contribution in [0.4, 0.5) is 0 Å². The number of carbonyl (C=O) groups excluding carboxylic acids is 2. The molecule has 2 aliphatic heterocycles. The molecule has 3 rings (SSSR count). The number of nitrogens with one attached hydrogen (secondary N) is 5. The lowest BCUT2D eigenvalue weighted by atomic mass is 10.1. The highest BCUT2D eigenvalue weighted by atomic mass is 16.3. The second-order valence-corrected chi connectivity index (χ2v) is 9.48. The molecule has 1 aromatic rings. The maximum atomic E-state index is 13.0. The molecular formula is C27H43N7O3. The standard InChI is InChI=1S/C27H43N7O3/c1-22(35)25(27(37)31-15-19-33-17-13-29-11-9-28-10-12-30-14-18-33)32-26(36)24-8-5-16-34(21-24)20-23-6-3-2-4-7-23/h2-7,16,21-22,25,28-30,35H,8-15,17-20H2,1H3,(H,31,37)(H,32,36)/t22-,25+/m1/s1. The molecule has 0 aliphatic carbocycles. The Labute approximate surface area is 220 Å². The van der Waals surface area contributed by atoms with E-state index in [9.17, 15) is 14.7 Å². The lowest BCUT2D eigenvalue weighted by molar-refractivity contribution is -0.130. The zero-order valence-corrected chi connectivity index (χ0v) is 21.9. The van der Waals surface area contributed by atoms with E-state index < -0.39 is 12.1 Å². The fraction of sp³-hybridized carbons (Fsp3) is 0.556. The van der Waals surface area contributed by atoms with Crippen molar-refractivity contribution in [3.8, 4) is 0 Å². The Morgan fingerprint density at radius 1 is 1.00 bits per heavy atom. The van der Waals surface area contributed by atoms with E-state index in [1.54, 1.807) is 6.20 Å². The zero-order chi connectivity index (χ0) is 26.3. The number of rotatable bonds is 9. The van der Waals surface area contributed by atoms with Gasteiger partial charge in [0, 0.05) is 90.0 Å². The van der Waals surface area contributed by atoms with Gasteiger partial charge in [-0.2, -0.15) is 0 Å². The van der Waals surface area contributed by atoms with Gasteiger partial charge in [-0.25, -0.2) is 0 Å². The van der Waals surface area contributed by atoms with Crippen molar-refractivity contribution in [2.45, 2.75) is 32.0 Å². The van der Waals surface area contributed by atoms with E-state index in [0.29, 0.717) is 31.6 Å². The molecule has 1 fully saturated rings. The summed E-state index contributed by atoms with van der Waals surface area (Å²) in [7, 11) is 0. The SMILES string of the molecule is C[C@@H](O)[C@H](NC(=O)C1=CN(Cc2ccccc2)C=CC1)C(=O)NCCN1CCNCCNCCNCC1. The van der Waals surface area contributed by atoms with Crippen molar-refractivity contribution in [3.63, 3.8) is 0 Å². The minimum absolute atomic E-state index is 0.349. The van der Waals surface area contributed by atoms with E-state index in [1.165, 1.54) is 6.92 Å². The Morgan fingerprint density at radius 3 is 2.30 bits per heavy atom. The van der Waals surface area contributed by atoms with Crippen LogP contribution in [0.3, 0.4) is 0 Å². The fourth-order valence-electron chi connectivity index (χ4n) is 4.28. The van der Waals surface area contributed by atoms with E-state index in [4.69, 9.17) is 0 Å². The van der Waals surface area contributed by atoms with Gasteiger partial charge in [-0.15, -0.1) is 0 Å². The van der Waals surface area contributed by atoms with Crippen molar-refractivity contribution >= 4 is 11.8 Å². The van der Waals surface area contributed by atoms with E-state index in [2.05, 4.69) is 31.5 Å². The highest BCUT2D eigenvalue weighted by Gasteiger charge is 2.27. The summed E-state index contributed by atoms with van der Waals surface area (Å²) in [4.78, 5) is 30.1. The van der Waals surface area contributed by atoms with Crippen molar-refractivity contribution in [3.05, 3.63) is 59.9 Å². The summed E-state index contributed by atoms with van der Waals surface area (Å²) in [6.45, 7) is 10.6. The zero-order valence-electron chi connectivity index (χ0n) is 21.9. The number of nitrogens with zero attached hydrogens (tertiary/aromatic N) is 2. The Morgan fingerprint density at radius 2 is 1.65 bits per heavy atom. The fourth-order valence-corrected chi connectivity index (χ4v) is 4.28. The smallest absolute Gasteiger partial charge is 0.249 e. The predicted octanol–water partition coefficient (Wildman–Crippen LogP) is -0.644. The van der Waals surface area contributed by atoms with Crippen molar-refractivity contribution in [1.29, 1.82) is 0 Å². The molecule has 2 amide bonds. The van der Waals surface area contributed by atoms with Crippen LogP contribution in [0.5, 0.6) is 0 Å². The third kappa shape index (κ3) is 10.6. The van der Waals surface area contributed by atoms with Crippen LogP contribution in [0.1, 0.15) is 18.9 Å². The Kier molecular flexibility index (Phi) is 12.6. The molecule has 2 aliphatic rings. The molecule has 37 heavy (non-hydrogen) atoms. The first-order chi connectivity index (χ1) is 18.0. The number of amides is 2. The normalized spacial score (nSPS) is 19.6. The van der Waals surface area contributed by atoms with Gasteiger partial charge in [-0.3, -0.25) is 14.5 Å². The van der Waals surface area contributed by atoms with Crippen LogP contribution in [-0.2, 0) is 16.1 Å². The summed E-state index contributed by atoms with van der Waals surface area (Å²) in [5.41, 5.74) is 1.68. The number of carbonyl (C=O) groups is 2. The van der Waals surface area contributed by atoms with Gasteiger partial charge in [0.15, 0.2) is 0 Å². The molecule has 0 radical (unpaired) electrons. The molecule has 1 saturated heterocycles. The lowest BCUT2D eigenvalue weighted by Gasteiger charge is -2.26. The van der Waals surface area contributed by atoms with Crippen LogP contribution in [-0.4, -0.2) is 104 Å². The minimum atomic E-state index is -1.02. The number of benzene rings is 1. The average molecular weight is 514 g/mol. The molecule has 0 unspecified atom stereocenters. The molecular weight excluding hydrogens is 470 g/mol. The number of aliphatic hydroxyl groups is 1. The number of allylic oxidation sites excluding steroid dienone is 1. The van der Waals surface area contributed by atoms with E-state index in [0.717, 1.165) is 57.9 Å². The highest BCUT2D eigenvalue weighted by molar-refractivity contribution is 5.97. The van der Waals surface area contributed by atoms with Gasteiger partial charge in [-0.1, -0.05) is 36.4 Å². The molecule has 6 N–H and O–H groups in total. The van der Waals surface area contributed by atoms with Crippen LogP contribution in [0.15, 0.2) is 54.4 Å². The quantitative estimate of drug-likeness (QED) is 0.258. The Balaban J connectivity index is 1.47. The molecule has 0 saturated carbocycles. The number of hydrogen-bond acceptors (Lipinski definition) is 8. The summed E-state index contributed by atoms with van der Waals surface area (Å²) in [5.74, 6) is -0.730. The number of hydrogen-bond donors (Lipinski definition) is 6. The van der Waals surface area contributed by atoms with E-state index in [1.807, 2.05) is 47.5 Å². The molecule has 2 heterocycles. The van der Waals surface area contributed by atoms with Gasteiger partial charge >= 0.3 is 0 Å². The van der Waals surface area contributed by atoms with Crippen LogP contribution in [0.2, 0.25) is 0 Å². The van der Waals surface area contributed by atoms with Crippen LogP contribution >= 0.6 is 0 Å². The third-order valence-electron chi connectivity index (χ3n) is 6.40. The maximum Gasteiger partial charge on any atom is 0.249 e. The van der Waals surface area contributed by atoms with Crippen molar-refractivity contribution in [1.82, 2.24) is 36.4 Å².